The van der Waals surface area contributed by atoms with Crippen molar-refractivity contribution in [3.63, 3.8) is 0 Å². The lowest BCUT2D eigenvalue weighted by molar-refractivity contribution is -0.383. The third kappa shape index (κ3) is 5.98. The average molecular weight is 456 g/mol. The largest absolute Gasteiger partial charge is 0.493 e. The fraction of sp³-hybridized carbons (Fsp3) is 0.261. The third-order valence-corrected chi connectivity index (χ3v) is 5.67. The minimum absolute atomic E-state index is 0.0438. The van der Waals surface area contributed by atoms with Gasteiger partial charge in [0.2, 0.25) is 5.91 Å². The summed E-state index contributed by atoms with van der Waals surface area (Å²) in [6.07, 6.45) is 0. The molecule has 0 aliphatic rings. The zero-order chi connectivity index (χ0) is 22.9. The number of nitro groups is 1. The van der Waals surface area contributed by atoms with Crippen LogP contribution in [-0.2, 0) is 17.9 Å². The number of amides is 1. The van der Waals surface area contributed by atoms with Gasteiger partial charge in [0.1, 0.15) is 12.3 Å². The molecular weight excluding hydrogens is 430 g/mol. The van der Waals surface area contributed by atoms with Gasteiger partial charge in [-0.3, -0.25) is 14.9 Å². The Bertz CT molecular complexity index is 1060. The van der Waals surface area contributed by atoms with Gasteiger partial charge in [-0.2, -0.15) is 0 Å². The van der Waals surface area contributed by atoms with Crippen LogP contribution in [0.1, 0.15) is 17.4 Å². The zero-order valence-corrected chi connectivity index (χ0v) is 18.8. The van der Waals surface area contributed by atoms with Crippen molar-refractivity contribution in [3.05, 3.63) is 80.5 Å². The number of methoxy groups -OCH3 is 1. The summed E-state index contributed by atoms with van der Waals surface area (Å²) in [5.41, 5.74) is 1.15. The van der Waals surface area contributed by atoms with Gasteiger partial charge >= 0.3 is 0 Å². The van der Waals surface area contributed by atoms with Crippen molar-refractivity contribution in [2.75, 3.05) is 25.5 Å². The van der Waals surface area contributed by atoms with Crippen molar-refractivity contribution in [3.8, 4) is 11.5 Å². The molecule has 1 heterocycles. The lowest BCUT2D eigenvalue weighted by atomic mass is 10.2. The predicted octanol–water partition coefficient (Wildman–Crippen LogP) is 4.70. The molecule has 0 unspecified atom stereocenters. The normalized spacial score (nSPS) is 10.4. The average Bonchev–Trinajstić information content (AvgIpc) is 3.33. The van der Waals surface area contributed by atoms with Crippen LogP contribution >= 0.6 is 11.3 Å². The summed E-state index contributed by atoms with van der Waals surface area (Å²) in [6.45, 7) is 3.19. The molecule has 9 heteroatoms. The number of hydrogen-bond donors (Lipinski definition) is 1. The second-order valence-corrected chi connectivity index (χ2v) is 7.92. The molecule has 0 aliphatic carbocycles. The van der Waals surface area contributed by atoms with E-state index in [2.05, 4.69) is 5.32 Å². The Morgan fingerprint density at radius 1 is 1.16 bits per heavy atom. The van der Waals surface area contributed by atoms with Gasteiger partial charge in [-0.05, 0) is 42.1 Å². The van der Waals surface area contributed by atoms with Crippen LogP contribution in [0.15, 0.2) is 60.0 Å². The minimum Gasteiger partial charge on any atom is -0.493 e. The lowest BCUT2D eigenvalue weighted by Gasteiger charge is -2.22. The van der Waals surface area contributed by atoms with Crippen molar-refractivity contribution in [1.29, 1.82) is 0 Å². The number of carbonyl (C=O) groups is 1. The maximum atomic E-state index is 12.7. The number of anilines is 1. The van der Waals surface area contributed by atoms with Crippen LogP contribution in [0.5, 0.6) is 11.5 Å². The molecule has 0 spiro atoms. The molecule has 1 aromatic heterocycles. The van der Waals surface area contributed by atoms with Crippen LogP contribution in [-0.4, -0.2) is 35.9 Å². The van der Waals surface area contributed by atoms with Crippen molar-refractivity contribution in [2.45, 2.75) is 20.1 Å². The van der Waals surface area contributed by atoms with E-state index in [0.29, 0.717) is 36.9 Å². The van der Waals surface area contributed by atoms with Gasteiger partial charge < -0.3 is 19.7 Å². The number of benzene rings is 2. The van der Waals surface area contributed by atoms with Crippen LogP contribution in [0.3, 0.4) is 0 Å². The Labute approximate surface area is 190 Å². The molecule has 3 rings (SSSR count). The maximum absolute atomic E-state index is 12.7. The number of nitrogens with zero attached hydrogens (tertiary/aromatic N) is 2. The van der Waals surface area contributed by atoms with E-state index in [4.69, 9.17) is 9.47 Å². The molecule has 0 radical (unpaired) electrons. The molecule has 168 valence electrons. The summed E-state index contributed by atoms with van der Waals surface area (Å²) in [6, 6.07) is 15.8. The number of thiophene rings is 1. The fourth-order valence-corrected chi connectivity index (χ4v) is 3.75. The first-order chi connectivity index (χ1) is 15.5. The second kappa shape index (κ2) is 11.1. The Morgan fingerprint density at radius 3 is 2.66 bits per heavy atom. The summed E-state index contributed by atoms with van der Waals surface area (Å²) in [4.78, 5) is 26.2. The van der Waals surface area contributed by atoms with E-state index in [1.54, 1.807) is 41.5 Å². The third-order valence-electron chi connectivity index (χ3n) is 4.82. The highest BCUT2D eigenvalue weighted by atomic mass is 32.1. The number of rotatable bonds is 11. The first-order valence-corrected chi connectivity index (χ1v) is 11.0. The smallest absolute Gasteiger partial charge is 0.292 e. The van der Waals surface area contributed by atoms with E-state index >= 15 is 0 Å². The standard InChI is InChI=1S/C23H25N3O5S/c1-3-25(23(27)14-24-19-8-4-5-9-20(19)26(28)29)15-17-10-11-21(22(13-17)30-2)31-16-18-7-6-12-32-18/h4-13,24H,3,14-16H2,1-2H3. The Morgan fingerprint density at radius 2 is 1.97 bits per heavy atom. The van der Waals surface area contributed by atoms with Crippen LogP contribution < -0.4 is 14.8 Å². The van der Waals surface area contributed by atoms with E-state index < -0.39 is 4.92 Å². The predicted molar refractivity (Wildman–Crippen MR) is 124 cm³/mol. The number of nitrogens with one attached hydrogen (secondary N) is 1. The molecule has 8 nitrogen and oxygen atoms in total. The molecular formula is C23H25N3O5S. The van der Waals surface area contributed by atoms with Crippen molar-refractivity contribution < 1.29 is 19.2 Å². The number of ether oxygens (including phenoxy) is 2. The van der Waals surface area contributed by atoms with Crippen LogP contribution in [0, 0.1) is 10.1 Å². The van der Waals surface area contributed by atoms with Gasteiger partial charge in [-0.1, -0.05) is 24.3 Å². The Hall–Kier alpha value is -3.59. The molecule has 1 N–H and O–H groups in total. The van der Waals surface area contributed by atoms with Crippen molar-refractivity contribution in [2.24, 2.45) is 0 Å². The van der Waals surface area contributed by atoms with Crippen LogP contribution in [0.4, 0.5) is 11.4 Å². The van der Waals surface area contributed by atoms with Crippen LogP contribution in [0.25, 0.3) is 0 Å². The highest BCUT2D eigenvalue weighted by Gasteiger charge is 2.17. The first-order valence-electron chi connectivity index (χ1n) is 10.1. The van der Waals surface area contributed by atoms with E-state index in [1.165, 1.54) is 6.07 Å². The highest BCUT2D eigenvalue weighted by Crippen LogP contribution is 2.30. The molecule has 0 saturated heterocycles. The molecule has 1 amide bonds. The SMILES string of the molecule is CCN(Cc1ccc(OCc2cccs2)c(OC)c1)C(=O)CNc1ccccc1[N+](=O)[O-]. The van der Waals surface area contributed by atoms with E-state index in [0.717, 1.165) is 10.4 Å². The quantitative estimate of drug-likeness (QED) is 0.333. The van der Waals surface area contributed by atoms with E-state index in [9.17, 15) is 14.9 Å². The van der Waals surface area contributed by atoms with Crippen LogP contribution in [0.2, 0.25) is 0 Å². The zero-order valence-electron chi connectivity index (χ0n) is 17.9. The van der Waals surface area contributed by atoms with Gasteiger partial charge in [0.15, 0.2) is 11.5 Å². The fourth-order valence-electron chi connectivity index (χ4n) is 3.13. The highest BCUT2D eigenvalue weighted by molar-refractivity contribution is 7.09. The minimum atomic E-state index is -0.473. The first kappa shape index (κ1) is 23.1. The molecule has 3 aromatic rings. The molecule has 2 aromatic carbocycles. The number of likely N-dealkylation sites (N-methyl/N-ethyl adjacent to an activating group) is 1. The Balaban J connectivity index is 1.62. The van der Waals surface area contributed by atoms with E-state index in [-0.39, 0.29) is 18.1 Å². The summed E-state index contributed by atoms with van der Waals surface area (Å²) in [5.74, 6) is 1.07. The number of carbonyl (C=O) groups excluding carboxylic acids is 1. The summed E-state index contributed by atoms with van der Waals surface area (Å²) in [7, 11) is 1.58. The topological polar surface area (TPSA) is 93.9 Å². The molecule has 0 saturated carbocycles. The number of para-hydroxylation sites is 2. The van der Waals surface area contributed by atoms with Gasteiger partial charge in [-0.25, -0.2) is 0 Å². The molecule has 0 aliphatic heterocycles. The van der Waals surface area contributed by atoms with Crippen molar-refractivity contribution >= 4 is 28.6 Å². The number of hydrogen-bond acceptors (Lipinski definition) is 7. The van der Waals surface area contributed by atoms with E-state index in [1.807, 2.05) is 42.6 Å². The summed E-state index contributed by atoms with van der Waals surface area (Å²) < 4.78 is 11.3. The molecule has 0 atom stereocenters. The summed E-state index contributed by atoms with van der Waals surface area (Å²) in [5, 5.41) is 16.0. The van der Waals surface area contributed by atoms with Crippen molar-refractivity contribution in [1.82, 2.24) is 4.90 Å². The van der Waals surface area contributed by atoms with Gasteiger partial charge in [0.05, 0.1) is 18.6 Å². The number of nitro benzene ring substituents is 1. The Kier molecular flexibility index (Phi) is 8.04. The molecule has 0 bridgehead atoms. The molecule has 32 heavy (non-hydrogen) atoms. The van der Waals surface area contributed by atoms with Gasteiger partial charge in [0, 0.05) is 24.0 Å². The maximum Gasteiger partial charge on any atom is 0.292 e. The van der Waals surface area contributed by atoms with Gasteiger partial charge in [-0.15, -0.1) is 11.3 Å². The second-order valence-electron chi connectivity index (χ2n) is 6.89. The summed E-state index contributed by atoms with van der Waals surface area (Å²) >= 11 is 1.63. The monoisotopic (exact) mass is 455 g/mol. The molecule has 0 fully saturated rings. The van der Waals surface area contributed by atoms with Gasteiger partial charge in [0.25, 0.3) is 5.69 Å². The lowest BCUT2D eigenvalue weighted by Crippen LogP contribution is -2.35.